The Bertz CT molecular complexity index is 780. The number of aliphatic hydroxyl groups is 1. The smallest absolute Gasteiger partial charge is 0.0902 e. The lowest BCUT2D eigenvalue weighted by Gasteiger charge is -2.33. The minimum atomic E-state index is -0.291. The molecule has 0 spiro atoms. The Labute approximate surface area is 179 Å². The van der Waals surface area contributed by atoms with Crippen molar-refractivity contribution < 1.29 is 9.84 Å². The number of benzene rings is 2. The highest BCUT2D eigenvalue weighted by molar-refractivity contribution is 6.36. The summed E-state index contributed by atoms with van der Waals surface area (Å²) in [5, 5.41) is 10.5. The fourth-order valence-electron chi connectivity index (χ4n) is 3.00. The van der Waals surface area contributed by atoms with Crippen molar-refractivity contribution in [3.05, 3.63) is 80.8 Å². The second kappa shape index (κ2) is 9.93. The SMILES string of the molecule is CC(C)=CC(OC(Cc1ccc(CO)cc1)c1c(Cl)cccc1Cl)C(C)(C)C. The Morgan fingerprint density at radius 3 is 2.00 bits per heavy atom. The van der Waals surface area contributed by atoms with Gasteiger partial charge in [-0.3, -0.25) is 0 Å². The zero-order valence-electron chi connectivity index (χ0n) is 17.3. The molecule has 1 N–H and O–H groups in total. The minimum absolute atomic E-state index is 0.0310. The Morgan fingerprint density at radius 1 is 1.00 bits per heavy atom. The molecule has 2 atom stereocenters. The van der Waals surface area contributed by atoms with E-state index in [2.05, 4.69) is 40.7 Å². The van der Waals surface area contributed by atoms with Crippen molar-refractivity contribution in [2.24, 2.45) is 5.41 Å². The molecule has 2 aromatic carbocycles. The molecule has 0 bridgehead atoms. The third-order valence-corrected chi connectivity index (χ3v) is 5.26. The van der Waals surface area contributed by atoms with Crippen LogP contribution in [0.5, 0.6) is 0 Å². The summed E-state index contributed by atoms with van der Waals surface area (Å²) in [5.41, 5.74) is 3.92. The van der Waals surface area contributed by atoms with Gasteiger partial charge in [0, 0.05) is 22.0 Å². The van der Waals surface area contributed by atoms with Gasteiger partial charge in [0.2, 0.25) is 0 Å². The lowest BCUT2D eigenvalue weighted by molar-refractivity contribution is -0.0406. The van der Waals surface area contributed by atoms with Crippen LogP contribution in [0.15, 0.2) is 54.1 Å². The maximum absolute atomic E-state index is 9.29. The van der Waals surface area contributed by atoms with Gasteiger partial charge in [0.1, 0.15) is 0 Å². The largest absolute Gasteiger partial charge is 0.392 e. The summed E-state index contributed by atoms with van der Waals surface area (Å²) in [6.07, 6.45) is 2.41. The molecule has 2 rings (SSSR count). The van der Waals surface area contributed by atoms with Gasteiger partial charge in [-0.05, 0) is 42.5 Å². The van der Waals surface area contributed by atoms with Crippen molar-refractivity contribution >= 4 is 23.2 Å². The zero-order chi connectivity index (χ0) is 20.9. The molecule has 0 heterocycles. The number of allylic oxidation sites excluding steroid dienone is 1. The van der Waals surface area contributed by atoms with Crippen LogP contribution in [0.2, 0.25) is 10.0 Å². The number of hydrogen-bond acceptors (Lipinski definition) is 2. The summed E-state index contributed by atoms with van der Waals surface area (Å²) < 4.78 is 6.64. The summed E-state index contributed by atoms with van der Waals surface area (Å²) in [4.78, 5) is 0. The molecule has 0 fully saturated rings. The van der Waals surface area contributed by atoms with Crippen LogP contribution in [0.3, 0.4) is 0 Å². The molecule has 152 valence electrons. The summed E-state index contributed by atoms with van der Waals surface area (Å²) in [6, 6.07) is 13.4. The third-order valence-electron chi connectivity index (χ3n) is 4.60. The predicted molar refractivity (Wildman–Crippen MR) is 119 cm³/mol. The normalized spacial score (nSPS) is 13.9. The van der Waals surface area contributed by atoms with Crippen molar-refractivity contribution in [1.82, 2.24) is 0 Å². The van der Waals surface area contributed by atoms with Crippen LogP contribution in [0.1, 0.15) is 57.4 Å². The highest BCUT2D eigenvalue weighted by Gasteiger charge is 2.29. The van der Waals surface area contributed by atoms with Crippen molar-refractivity contribution in [2.45, 2.75) is 59.9 Å². The molecule has 0 saturated heterocycles. The van der Waals surface area contributed by atoms with E-state index in [9.17, 15) is 5.11 Å². The van der Waals surface area contributed by atoms with E-state index in [0.717, 1.165) is 16.7 Å². The van der Waals surface area contributed by atoms with E-state index < -0.39 is 0 Å². The van der Waals surface area contributed by atoms with E-state index in [-0.39, 0.29) is 24.2 Å². The minimum Gasteiger partial charge on any atom is -0.392 e. The van der Waals surface area contributed by atoms with Gasteiger partial charge < -0.3 is 9.84 Å². The highest BCUT2D eigenvalue weighted by atomic mass is 35.5. The molecule has 0 aliphatic carbocycles. The van der Waals surface area contributed by atoms with E-state index >= 15 is 0 Å². The van der Waals surface area contributed by atoms with Gasteiger partial charge in [0.05, 0.1) is 18.8 Å². The Hall–Kier alpha value is -1.32. The highest BCUT2D eigenvalue weighted by Crippen LogP contribution is 2.38. The quantitative estimate of drug-likeness (QED) is 0.481. The van der Waals surface area contributed by atoms with Crippen LogP contribution in [0.25, 0.3) is 0 Å². The van der Waals surface area contributed by atoms with E-state index in [0.29, 0.717) is 16.5 Å². The molecule has 28 heavy (non-hydrogen) atoms. The van der Waals surface area contributed by atoms with Crippen molar-refractivity contribution in [1.29, 1.82) is 0 Å². The molecule has 0 radical (unpaired) electrons. The molecular weight excluding hydrogens is 391 g/mol. The van der Waals surface area contributed by atoms with Gasteiger partial charge in [-0.2, -0.15) is 0 Å². The number of ether oxygens (including phenoxy) is 1. The molecule has 0 amide bonds. The summed E-state index contributed by atoms with van der Waals surface area (Å²) >= 11 is 13.1. The number of halogens is 2. The molecule has 2 unspecified atom stereocenters. The van der Waals surface area contributed by atoms with E-state index in [4.69, 9.17) is 27.9 Å². The number of aliphatic hydroxyl groups excluding tert-OH is 1. The first-order chi connectivity index (χ1) is 13.1. The first kappa shape index (κ1) is 23.0. The zero-order valence-corrected chi connectivity index (χ0v) is 18.8. The second-order valence-electron chi connectivity index (χ2n) is 8.47. The molecular formula is C24H30Cl2O2. The lowest BCUT2D eigenvalue weighted by atomic mass is 9.87. The summed E-state index contributed by atoms with van der Waals surface area (Å²) in [6.45, 7) is 10.7. The van der Waals surface area contributed by atoms with Gasteiger partial charge in [0.15, 0.2) is 0 Å². The topological polar surface area (TPSA) is 29.5 Å². The maximum Gasteiger partial charge on any atom is 0.0902 e. The molecule has 0 aromatic heterocycles. The van der Waals surface area contributed by atoms with Gasteiger partial charge in [0.25, 0.3) is 0 Å². The van der Waals surface area contributed by atoms with Crippen LogP contribution >= 0.6 is 23.2 Å². The Balaban J connectivity index is 2.44. The van der Waals surface area contributed by atoms with Crippen molar-refractivity contribution in [3.63, 3.8) is 0 Å². The van der Waals surface area contributed by atoms with Gasteiger partial charge in [-0.15, -0.1) is 0 Å². The predicted octanol–water partition coefficient (Wildman–Crippen LogP) is 7.17. The first-order valence-electron chi connectivity index (χ1n) is 9.55. The van der Waals surface area contributed by atoms with Crippen molar-refractivity contribution in [2.75, 3.05) is 0 Å². The van der Waals surface area contributed by atoms with Gasteiger partial charge >= 0.3 is 0 Å². The Kier molecular flexibility index (Phi) is 8.15. The first-order valence-corrected chi connectivity index (χ1v) is 10.3. The van der Waals surface area contributed by atoms with E-state index in [1.807, 2.05) is 42.5 Å². The van der Waals surface area contributed by atoms with E-state index in [1.54, 1.807) is 0 Å². The van der Waals surface area contributed by atoms with Crippen LogP contribution in [0, 0.1) is 5.41 Å². The molecule has 0 saturated carbocycles. The van der Waals surface area contributed by atoms with Gasteiger partial charge in [-0.1, -0.05) is 86.0 Å². The summed E-state index contributed by atoms with van der Waals surface area (Å²) in [5.74, 6) is 0. The molecule has 2 aromatic rings. The second-order valence-corrected chi connectivity index (χ2v) is 9.28. The van der Waals surface area contributed by atoms with Crippen molar-refractivity contribution in [3.8, 4) is 0 Å². The molecule has 2 nitrogen and oxygen atoms in total. The molecule has 0 aliphatic heterocycles. The average molecular weight is 421 g/mol. The van der Waals surface area contributed by atoms with Crippen LogP contribution in [-0.4, -0.2) is 11.2 Å². The summed E-state index contributed by atoms with van der Waals surface area (Å²) in [7, 11) is 0. The average Bonchev–Trinajstić information content (AvgIpc) is 2.60. The maximum atomic E-state index is 9.29. The standard InChI is InChI=1S/C24H30Cl2O2/c1-16(2)13-22(24(3,4)5)28-21(23-19(25)7-6-8-20(23)26)14-17-9-11-18(15-27)12-10-17/h6-13,21-22,27H,14-15H2,1-5H3. The van der Waals surface area contributed by atoms with Crippen LogP contribution < -0.4 is 0 Å². The lowest BCUT2D eigenvalue weighted by Crippen LogP contribution is -2.30. The Morgan fingerprint density at radius 2 is 1.54 bits per heavy atom. The van der Waals surface area contributed by atoms with E-state index in [1.165, 1.54) is 5.57 Å². The van der Waals surface area contributed by atoms with Crippen LogP contribution in [-0.2, 0) is 17.8 Å². The fourth-order valence-corrected chi connectivity index (χ4v) is 3.65. The fraction of sp³-hybridized carbons (Fsp3) is 0.417. The molecule has 4 heteroatoms. The monoisotopic (exact) mass is 420 g/mol. The number of hydrogen-bond donors (Lipinski definition) is 1. The molecule has 0 aliphatic rings. The third kappa shape index (κ3) is 6.35. The van der Waals surface area contributed by atoms with Gasteiger partial charge in [-0.25, -0.2) is 0 Å². The van der Waals surface area contributed by atoms with Crippen LogP contribution in [0.4, 0.5) is 0 Å². The number of rotatable bonds is 7.